The maximum atomic E-state index is 5.89. The second kappa shape index (κ2) is 5.23. The Bertz CT molecular complexity index is 252. The van der Waals surface area contributed by atoms with Crippen molar-refractivity contribution in [2.45, 2.75) is 6.42 Å². The lowest BCUT2D eigenvalue weighted by atomic mass is 10.1. The monoisotopic (exact) mass is 200 g/mol. The highest BCUT2D eigenvalue weighted by atomic mass is 35.5. The van der Waals surface area contributed by atoms with Crippen molar-refractivity contribution in [2.75, 3.05) is 5.88 Å². The zero-order valence-electron chi connectivity index (χ0n) is 6.63. The van der Waals surface area contributed by atoms with E-state index in [9.17, 15) is 0 Å². The molecule has 0 nitrogen and oxygen atoms in total. The van der Waals surface area contributed by atoms with Crippen LogP contribution in [-0.2, 0) is 6.42 Å². The average molecular weight is 201 g/mol. The lowest BCUT2D eigenvalue weighted by molar-refractivity contribution is 1.23. The molecule has 0 bridgehead atoms. The van der Waals surface area contributed by atoms with Crippen LogP contribution in [0.5, 0.6) is 0 Å². The molecule has 0 amide bonds. The summed E-state index contributed by atoms with van der Waals surface area (Å²) in [4.78, 5) is 0. The maximum Gasteiger partial charge on any atom is 0.0418 e. The second-order valence-electron chi connectivity index (χ2n) is 2.47. The summed E-state index contributed by atoms with van der Waals surface area (Å²) in [5, 5.41) is 0.802. The van der Waals surface area contributed by atoms with Crippen molar-refractivity contribution in [2.24, 2.45) is 0 Å². The van der Waals surface area contributed by atoms with E-state index in [1.165, 1.54) is 5.56 Å². The van der Waals surface area contributed by atoms with Crippen LogP contribution < -0.4 is 0 Å². The Balaban J connectivity index is 2.58. The molecule has 0 fully saturated rings. The van der Waals surface area contributed by atoms with Gasteiger partial charge in [0.15, 0.2) is 0 Å². The quantitative estimate of drug-likeness (QED) is 0.655. The predicted molar refractivity (Wildman–Crippen MR) is 54.8 cm³/mol. The molecule has 0 saturated carbocycles. The number of hydrogen-bond acceptors (Lipinski definition) is 0. The van der Waals surface area contributed by atoms with Gasteiger partial charge in [0.2, 0.25) is 0 Å². The Hall–Kier alpha value is -0.460. The summed E-state index contributed by atoms with van der Waals surface area (Å²) in [6.07, 6.45) is 2.59. The van der Waals surface area contributed by atoms with Crippen molar-refractivity contribution in [3.05, 3.63) is 47.0 Å². The highest BCUT2D eigenvalue weighted by Crippen LogP contribution is 2.11. The molecule has 0 N–H and O–H groups in total. The maximum absolute atomic E-state index is 5.89. The normalized spacial score (nSPS) is 11.7. The molecule has 0 atom stereocenters. The van der Waals surface area contributed by atoms with E-state index < -0.39 is 0 Å². The summed E-state index contributed by atoms with van der Waals surface area (Å²) in [5.74, 6) is 0.478. The molecular weight excluding hydrogens is 191 g/mol. The highest BCUT2D eigenvalue weighted by Gasteiger charge is 1.93. The molecule has 0 aliphatic carbocycles. The first kappa shape index (κ1) is 9.63. The van der Waals surface area contributed by atoms with Crippen LogP contribution in [0.1, 0.15) is 5.56 Å². The molecule has 1 rings (SSSR count). The van der Waals surface area contributed by atoms with E-state index in [4.69, 9.17) is 23.2 Å². The van der Waals surface area contributed by atoms with Gasteiger partial charge in [0, 0.05) is 17.3 Å². The molecule has 0 saturated heterocycles. The Kier molecular flexibility index (Phi) is 4.20. The van der Waals surface area contributed by atoms with Crippen LogP contribution in [0.25, 0.3) is 0 Å². The fourth-order valence-corrected chi connectivity index (χ4v) is 1.44. The van der Waals surface area contributed by atoms with Gasteiger partial charge in [-0.2, -0.15) is 0 Å². The number of hydrogen-bond donors (Lipinski definition) is 0. The van der Waals surface area contributed by atoms with E-state index in [1.54, 1.807) is 0 Å². The van der Waals surface area contributed by atoms with E-state index in [0.717, 1.165) is 11.5 Å². The highest BCUT2D eigenvalue weighted by molar-refractivity contribution is 6.30. The van der Waals surface area contributed by atoms with Gasteiger partial charge < -0.3 is 0 Å². The van der Waals surface area contributed by atoms with Crippen molar-refractivity contribution in [3.8, 4) is 0 Å². The summed E-state index contributed by atoms with van der Waals surface area (Å²) < 4.78 is 0. The standard InChI is InChI=1S/C10H10Cl2/c11-7-6-10(12)8-9-4-2-1-3-5-9/h1-6H,7-8H2/b10-6+. The number of benzene rings is 1. The van der Waals surface area contributed by atoms with Gasteiger partial charge in [0.05, 0.1) is 0 Å². The molecule has 0 heterocycles. The molecule has 0 spiro atoms. The molecule has 1 aromatic carbocycles. The van der Waals surface area contributed by atoms with Crippen molar-refractivity contribution in [1.29, 1.82) is 0 Å². The predicted octanol–water partition coefficient (Wildman–Crippen LogP) is 3.59. The van der Waals surface area contributed by atoms with Gasteiger partial charge >= 0.3 is 0 Å². The fraction of sp³-hybridized carbons (Fsp3) is 0.200. The fourth-order valence-electron chi connectivity index (χ4n) is 0.947. The van der Waals surface area contributed by atoms with Gasteiger partial charge in [-0.3, -0.25) is 0 Å². The Morgan fingerprint density at radius 1 is 1.25 bits per heavy atom. The lowest BCUT2D eigenvalue weighted by Crippen LogP contribution is -1.83. The number of rotatable bonds is 3. The van der Waals surface area contributed by atoms with E-state index in [1.807, 2.05) is 36.4 Å². The number of allylic oxidation sites excluding steroid dienone is 2. The molecule has 1 aromatic rings. The molecule has 0 aliphatic rings. The number of alkyl halides is 1. The average Bonchev–Trinajstić information content (AvgIpc) is 2.06. The zero-order valence-corrected chi connectivity index (χ0v) is 8.15. The molecule has 2 heteroatoms. The SMILES string of the molecule is ClC/C=C(/Cl)Cc1ccccc1. The minimum atomic E-state index is 0.478. The molecule has 12 heavy (non-hydrogen) atoms. The lowest BCUT2D eigenvalue weighted by Gasteiger charge is -1.97. The van der Waals surface area contributed by atoms with Crippen LogP contribution in [0.2, 0.25) is 0 Å². The van der Waals surface area contributed by atoms with Gasteiger partial charge in [0.1, 0.15) is 0 Å². The van der Waals surface area contributed by atoms with Gasteiger partial charge in [-0.25, -0.2) is 0 Å². The molecule has 0 radical (unpaired) electrons. The molecule has 0 aliphatic heterocycles. The third kappa shape index (κ3) is 3.29. The third-order valence-electron chi connectivity index (χ3n) is 1.51. The van der Waals surface area contributed by atoms with Gasteiger partial charge in [0.25, 0.3) is 0 Å². The van der Waals surface area contributed by atoms with Gasteiger partial charge in [-0.15, -0.1) is 11.6 Å². The first-order valence-corrected chi connectivity index (χ1v) is 4.68. The van der Waals surface area contributed by atoms with Gasteiger partial charge in [-0.05, 0) is 5.56 Å². The minimum absolute atomic E-state index is 0.478. The zero-order chi connectivity index (χ0) is 8.81. The molecule has 0 unspecified atom stereocenters. The van der Waals surface area contributed by atoms with Crippen molar-refractivity contribution < 1.29 is 0 Å². The Morgan fingerprint density at radius 3 is 2.50 bits per heavy atom. The van der Waals surface area contributed by atoms with E-state index in [2.05, 4.69) is 0 Å². The second-order valence-corrected chi connectivity index (χ2v) is 3.26. The summed E-state index contributed by atoms with van der Waals surface area (Å²) >= 11 is 11.4. The van der Waals surface area contributed by atoms with Crippen molar-refractivity contribution in [3.63, 3.8) is 0 Å². The first-order valence-electron chi connectivity index (χ1n) is 3.77. The van der Waals surface area contributed by atoms with Crippen LogP contribution in [-0.4, -0.2) is 5.88 Å². The topological polar surface area (TPSA) is 0 Å². The smallest absolute Gasteiger partial charge is 0.0418 e. The van der Waals surface area contributed by atoms with Crippen LogP contribution in [0, 0.1) is 0 Å². The summed E-state index contributed by atoms with van der Waals surface area (Å²) in [7, 11) is 0. The third-order valence-corrected chi connectivity index (χ3v) is 1.96. The molecule has 64 valence electrons. The van der Waals surface area contributed by atoms with E-state index in [-0.39, 0.29) is 0 Å². The van der Waals surface area contributed by atoms with Gasteiger partial charge in [-0.1, -0.05) is 48.0 Å². The first-order chi connectivity index (χ1) is 5.83. The van der Waals surface area contributed by atoms with E-state index in [0.29, 0.717) is 5.88 Å². The van der Waals surface area contributed by atoms with Crippen molar-refractivity contribution in [1.82, 2.24) is 0 Å². The van der Waals surface area contributed by atoms with Crippen LogP contribution in [0.15, 0.2) is 41.4 Å². The minimum Gasteiger partial charge on any atom is -0.122 e. The Labute approximate surface area is 82.8 Å². The summed E-state index contributed by atoms with van der Waals surface area (Å²) in [6, 6.07) is 10.1. The van der Waals surface area contributed by atoms with Crippen molar-refractivity contribution >= 4 is 23.2 Å². The number of halogens is 2. The van der Waals surface area contributed by atoms with E-state index >= 15 is 0 Å². The summed E-state index contributed by atoms with van der Waals surface area (Å²) in [5.41, 5.74) is 1.21. The molecular formula is C10H10Cl2. The molecule has 0 aromatic heterocycles. The van der Waals surface area contributed by atoms with Crippen LogP contribution >= 0.6 is 23.2 Å². The Morgan fingerprint density at radius 2 is 1.92 bits per heavy atom. The van der Waals surface area contributed by atoms with Crippen LogP contribution in [0.4, 0.5) is 0 Å². The van der Waals surface area contributed by atoms with Crippen LogP contribution in [0.3, 0.4) is 0 Å². The summed E-state index contributed by atoms with van der Waals surface area (Å²) in [6.45, 7) is 0. The largest absolute Gasteiger partial charge is 0.122 e.